The van der Waals surface area contributed by atoms with Crippen molar-refractivity contribution < 1.29 is 4.79 Å². The molecule has 0 unspecified atom stereocenters. The first-order valence-corrected chi connectivity index (χ1v) is 13.2. The van der Waals surface area contributed by atoms with Crippen LogP contribution in [0.4, 0.5) is 0 Å². The van der Waals surface area contributed by atoms with Gasteiger partial charge in [-0.3, -0.25) is 14.4 Å². The third-order valence-corrected chi connectivity index (χ3v) is 8.04. The van der Waals surface area contributed by atoms with Crippen molar-refractivity contribution in [2.24, 2.45) is 4.99 Å². The predicted octanol–water partition coefficient (Wildman–Crippen LogP) is 3.81. The van der Waals surface area contributed by atoms with Gasteiger partial charge in [0.15, 0.2) is 5.82 Å². The van der Waals surface area contributed by atoms with Crippen LogP contribution in [-0.2, 0) is 11.2 Å². The van der Waals surface area contributed by atoms with Crippen molar-refractivity contribution in [1.82, 2.24) is 20.1 Å². The van der Waals surface area contributed by atoms with Crippen molar-refractivity contribution in [1.29, 1.82) is 0 Å². The number of benzene rings is 2. The molecule has 1 atom stereocenters. The van der Waals surface area contributed by atoms with Crippen LogP contribution < -0.4 is 10.8 Å². The van der Waals surface area contributed by atoms with Gasteiger partial charge in [-0.1, -0.05) is 53.5 Å². The lowest BCUT2D eigenvalue weighted by Gasteiger charge is -2.13. The van der Waals surface area contributed by atoms with Gasteiger partial charge in [0.25, 0.3) is 0 Å². The molecule has 1 N–H and O–H groups in total. The Morgan fingerprint density at radius 2 is 1.81 bits per heavy atom. The lowest BCUT2D eigenvalue weighted by molar-refractivity contribution is -0.121. The summed E-state index contributed by atoms with van der Waals surface area (Å²) in [5, 5.41) is 13.6. The Labute approximate surface area is 220 Å². The molecule has 0 spiro atoms. The highest BCUT2D eigenvalue weighted by atomic mass is 35.5. The number of hydrogen-bond donors (Lipinski definition) is 1. The molecule has 4 aromatic rings. The lowest BCUT2D eigenvalue weighted by atomic mass is 9.95. The monoisotopic (exact) mass is 515 g/mol. The molecule has 1 amide bonds. The zero-order valence-electron chi connectivity index (χ0n) is 20.8. The normalized spacial score (nSPS) is 14.6. The number of nitrogens with one attached hydrogen (secondary N) is 1. The van der Waals surface area contributed by atoms with Gasteiger partial charge in [-0.05, 0) is 50.5 Å². The van der Waals surface area contributed by atoms with Crippen LogP contribution >= 0.6 is 22.9 Å². The summed E-state index contributed by atoms with van der Waals surface area (Å²) in [6, 6.07) is 15.6. The minimum absolute atomic E-state index is 0.0586. The van der Waals surface area contributed by atoms with E-state index in [0.717, 1.165) is 34.1 Å². The van der Waals surface area contributed by atoms with Crippen LogP contribution in [0.1, 0.15) is 51.2 Å². The first kappa shape index (κ1) is 24.5. The molecule has 6 nitrogen and oxygen atoms in total. The summed E-state index contributed by atoms with van der Waals surface area (Å²) in [5.74, 6) is 1.41. The van der Waals surface area contributed by atoms with Crippen LogP contribution in [0.15, 0.2) is 53.5 Å². The highest BCUT2D eigenvalue weighted by molar-refractivity contribution is 7.15. The van der Waals surface area contributed by atoms with E-state index in [4.69, 9.17) is 16.6 Å². The molecule has 1 aliphatic rings. The molecule has 0 radical (unpaired) electrons. The highest BCUT2D eigenvalue weighted by Gasteiger charge is 2.32. The number of aliphatic imine (C=N–C) groups is 1. The molecular weight excluding hydrogens is 489 g/mol. The van der Waals surface area contributed by atoms with Crippen molar-refractivity contribution in [3.05, 3.63) is 92.3 Å². The van der Waals surface area contributed by atoms with E-state index in [0.29, 0.717) is 17.4 Å². The number of amides is 1. The van der Waals surface area contributed by atoms with Gasteiger partial charge >= 0.3 is 0 Å². The fourth-order valence-corrected chi connectivity index (χ4v) is 5.82. The molecule has 2 aromatic carbocycles. The number of aromatic nitrogens is 3. The van der Waals surface area contributed by atoms with Crippen LogP contribution in [-0.4, -0.2) is 40.8 Å². The summed E-state index contributed by atoms with van der Waals surface area (Å²) in [6.45, 7) is 6.75. The van der Waals surface area contributed by atoms with Crippen molar-refractivity contribution in [2.75, 3.05) is 6.54 Å². The smallest absolute Gasteiger partial charge is 0.222 e. The average molecular weight is 516 g/mol. The minimum Gasteiger partial charge on any atom is -0.356 e. The van der Waals surface area contributed by atoms with E-state index in [2.05, 4.69) is 66.0 Å². The van der Waals surface area contributed by atoms with Crippen molar-refractivity contribution in [3.63, 3.8) is 0 Å². The van der Waals surface area contributed by atoms with Gasteiger partial charge in [0.1, 0.15) is 24.7 Å². The molecule has 0 fully saturated rings. The molecule has 0 aliphatic carbocycles. The first-order valence-electron chi connectivity index (χ1n) is 12.0. The van der Waals surface area contributed by atoms with Crippen LogP contribution in [0.3, 0.4) is 0 Å². The average Bonchev–Trinajstić information content (AvgIpc) is 3.33. The number of carbonyl (C=O) groups is 1. The minimum atomic E-state index is -0.462. The molecule has 2 aromatic heterocycles. The molecule has 0 saturated carbocycles. The maximum absolute atomic E-state index is 13.1. The van der Waals surface area contributed by atoms with E-state index in [1.165, 1.54) is 21.5 Å². The molecule has 0 bridgehead atoms. The van der Waals surface area contributed by atoms with Crippen molar-refractivity contribution in [3.8, 4) is 5.00 Å². The second-order valence-corrected chi connectivity index (χ2v) is 10.8. The Hall–Kier alpha value is -3.23. The standard InChI is InChI=1S/C27H27BClN5OS/c1-15-16(2)36-27-24(15)25(19-6-10-21(29)11-7-19)31-22(26-33-32-17(3)34(26)27)14-23(35)30-13-12-18-4-8-20(28)9-5-18/h4-11,22H,12-14,28H2,1-3H3,(H,30,35)/t22-/m0/s1. The second-order valence-electron chi connectivity index (χ2n) is 9.19. The maximum atomic E-state index is 13.1. The SMILES string of the molecule is Bc1ccc(CCNC(=O)C[C@@H]2N=C(c3ccc(Cl)cc3)c3c(sc(C)c3C)-n3c(C)nnc32)cc1. The Balaban J connectivity index is 1.47. The zero-order valence-corrected chi connectivity index (χ0v) is 22.4. The lowest BCUT2D eigenvalue weighted by Crippen LogP contribution is -2.27. The number of halogens is 1. The molecule has 182 valence electrons. The number of thiophene rings is 1. The van der Waals surface area contributed by atoms with Gasteiger partial charge in [0, 0.05) is 27.6 Å². The van der Waals surface area contributed by atoms with Gasteiger partial charge in [-0.2, -0.15) is 0 Å². The van der Waals surface area contributed by atoms with Crippen LogP contribution in [0.2, 0.25) is 5.02 Å². The summed E-state index contributed by atoms with van der Waals surface area (Å²) in [5.41, 5.74) is 6.47. The van der Waals surface area contributed by atoms with Gasteiger partial charge in [-0.25, -0.2) is 0 Å². The van der Waals surface area contributed by atoms with Crippen LogP contribution in [0.5, 0.6) is 0 Å². The predicted molar refractivity (Wildman–Crippen MR) is 149 cm³/mol. The second kappa shape index (κ2) is 10.0. The van der Waals surface area contributed by atoms with Gasteiger partial charge < -0.3 is 5.32 Å². The fraction of sp³-hybridized carbons (Fsp3) is 0.259. The van der Waals surface area contributed by atoms with E-state index < -0.39 is 6.04 Å². The summed E-state index contributed by atoms with van der Waals surface area (Å²) in [6.07, 6.45) is 0.969. The summed E-state index contributed by atoms with van der Waals surface area (Å²) >= 11 is 7.88. The molecule has 0 saturated heterocycles. The Morgan fingerprint density at radius 1 is 1.08 bits per heavy atom. The first-order chi connectivity index (χ1) is 17.3. The Morgan fingerprint density at radius 3 is 2.53 bits per heavy atom. The van der Waals surface area contributed by atoms with E-state index >= 15 is 0 Å². The third-order valence-electron chi connectivity index (χ3n) is 6.59. The highest BCUT2D eigenvalue weighted by Crippen LogP contribution is 2.39. The largest absolute Gasteiger partial charge is 0.356 e. The summed E-state index contributed by atoms with van der Waals surface area (Å²) in [7, 11) is 2.07. The molecule has 9 heteroatoms. The molecular formula is C27H27BClN5OS. The maximum Gasteiger partial charge on any atom is 0.222 e. The number of carbonyl (C=O) groups excluding carboxylic acids is 1. The molecule has 5 rings (SSSR count). The quantitative estimate of drug-likeness (QED) is 0.397. The molecule has 3 heterocycles. The Kier molecular flexibility index (Phi) is 6.82. The zero-order chi connectivity index (χ0) is 25.4. The fourth-order valence-electron chi connectivity index (χ4n) is 4.48. The number of rotatable bonds is 6. The number of fused-ring (bicyclic) bond motifs is 3. The number of aryl methyl sites for hydroxylation is 2. The molecule has 1 aliphatic heterocycles. The third kappa shape index (κ3) is 4.75. The summed E-state index contributed by atoms with van der Waals surface area (Å²) in [4.78, 5) is 19.4. The Bertz CT molecular complexity index is 1460. The molecule has 36 heavy (non-hydrogen) atoms. The van der Waals surface area contributed by atoms with Crippen molar-refractivity contribution >= 4 is 47.9 Å². The van der Waals surface area contributed by atoms with Gasteiger partial charge in [-0.15, -0.1) is 21.5 Å². The number of hydrogen-bond acceptors (Lipinski definition) is 5. The topological polar surface area (TPSA) is 72.2 Å². The van der Waals surface area contributed by atoms with Crippen molar-refractivity contribution in [2.45, 2.75) is 39.7 Å². The van der Waals surface area contributed by atoms with E-state index in [1.54, 1.807) is 11.3 Å². The summed E-state index contributed by atoms with van der Waals surface area (Å²) < 4.78 is 2.07. The van der Waals surface area contributed by atoms with Gasteiger partial charge in [0.05, 0.1) is 12.1 Å². The van der Waals surface area contributed by atoms with Crippen LogP contribution in [0, 0.1) is 20.8 Å². The number of nitrogens with zero attached hydrogens (tertiary/aromatic N) is 4. The van der Waals surface area contributed by atoms with E-state index in [9.17, 15) is 4.79 Å². The van der Waals surface area contributed by atoms with Gasteiger partial charge in [0.2, 0.25) is 5.91 Å². The van der Waals surface area contributed by atoms with E-state index in [-0.39, 0.29) is 12.3 Å². The van der Waals surface area contributed by atoms with Crippen LogP contribution in [0.25, 0.3) is 5.00 Å². The van der Waals surface area contributed by atoms with E-state index in [1.807, 2.05) is 31.2 Å².